The van der Waals surface area contributed by atoms with Gasteiger partial charge in [-0.25, -0.2) is 14.3 Å². The lowest BCUT2D eigenvalue weighted by Crippen LogP contribution is -2.71. The summed E-state index contributed by atoms with van der Waals surface area (Å²) in [6.45, 7) is 0.609. The van der Waals surface area contributed by atoms with Gasteiger partial charge in [0.1, 0.15) is 17.1 Å². The van der Waals surface area contributed by atoms with Crippen LogP contribution in [0.25, 0.3) is 0 Å². The number of benzene rings is 1. The van der Waals surface area contributed by atoms with Crippen LogP contribution in [0.5, 0.6) is 0 Å². The van der Waals surface area contributed by atoms with Gasteiger partial charge in [-0.1, -0.05) is 42.1 Å². The van der Waals surface area contributed by atoms with Crippen LogP contribution >= 0.6 is 23.5 Å². The number of rotatable bonds is 12. The summed E-state index contributed by atoms with van der Waals surface area (Å²) in [5.41, 5.74) is 5.80. The number of aliphatic carboxylic acids is 1. The van der Waals surface area contributed by atoms with Gasteiger partial charge in [0.2, 0.25) is 11.3 Å². The van der Waals surface area contributed by atoms with E-state index in [1.807, 2.05) is 0 Å². The average molecular weight is 563 g/mol. The molecule has 1 fully saturated rings. The van der Waals surface area contributed by atoms with E-state index in [0.29, 0.717) is 16.3 Å². The highest BCUT2D eigenvalue weighted by Crippen LogP contribution is 2.41. The van der Waals surface area contributed by atoms with E-state index in [2.05, 4.69) is 26.2 Å². The first-order chi connectivity index (χ1) is 18.3. The van der Waals surface area contributed by atoms with E-state index >= 15 is 0 Å². The molecule has 1 aromatic heterocycles. The van der Waals surface area contributed by atoms with E-state index in [4.69, 9.17) is 10.5 Å². The van der Waals surface area contributed by atoms with Gasteiger partial charge in [-0.3, -0.25) is 19.3 Å². The molecule has 0 bridgehead atoms. The molecule has 3 atom stereocenters. The molecule has 0 radical (unpaired) electrons. The zero-order chi connectivity index (χ0) is 27.2. The highest BCUT2D eigenvalue weighted by Gasteiger charge is 2.54. The van der Waals surface area contributed by atoms with Crippen LogP contribution in [0, 0.1) is 0 Å². The molecule has 0 spiro atoms. The number of amides is 4. The van der Waals surface area contributed by atoms with Gasteiger partial charge >= 0.3 is 12.0 Å². The number of carbonyl (C=O) groups excluding carboxylic acids is 4. The molecule has 2 aliphatic rings. The molecular weight excluding hydrogens is 540 g/mol. The number of nitrogens with zero attached hydrogens (tertiary/aromatic N) is 5. The van der Waals surface area contributed by atoms with Gasteiger partial charge in [0, 0.05) is 23.6 Å². The summed E-state index contributed by atoms with van der Waals surface area (Å²) in [5, 5.41) is 26.0. The number of primary amides is 1. The summed E-state index contributed by atoms with van der Waals surface area (Å²) in [5.74, 6) is -2.08. The molecule has 5 N–H and O–H groups in total. The van der Waals surface area contributed by atoms with E-state index < -0.39 is 41.3 Å². The molecule has 38 heavy (non-hydrogen) atoms. The number of hydrogen-bond acceptors (Lipinski definition) is 11. The molecule has 2 aliphatic heterocycles. The minimum Gasteiger partial charge on any atom is -0.477 e. The monoisotopic (exact) mass is 562 g/mol. The second kappa shape index (κ2) is 12.0. The summed E-state index contributed by atoms with van der Waals surface area (Å²) < 4.78 is 6.38. The first-order valence-electron chi connectivity index (χ1n) is 11.1. The van der Waals surface area contributed by atoms with Crippen molar-refractivity contribution in [1.29, 1.82) is 0 Å². The smallest absolute Gasteiger partial charge is 0.352 e. The van der Waals surface area contributed by atoms with Crippen molar-refractivity contribution in [3.05, 3.63) is 47.2 Å². The van der Waals surface area contributed by atoms with Gasteiger partial charge in [0.15, 0.2) is 0 Å². The van der Waals surface area contributed by atoms with Gasteiger partial charge in [0.05, 0.1) is 6.54 Å². The number of nitrogens with one attached hydrogen (secondary N) is 2. The number of thioether (sulfide) groups is 2. The van der Waals surface area contributed by atoms with Crippen LogP contribution < -0.4 is 16.4 Å². The maximum absolute atomic E-state index is 13.0. The lowest BCUT2D eigenvalue weighted by atomic mass is 10.0. The Labute approximate surface area is 223 Å². The fourth-order valence-electron chi connectivity index (χ4n) is 3.88. The Morgan fingerprint density at radius 2 is 2.08 bits per heavy atom. The van der Waals surface area contributed by atoms with Crippen LogP contribution in [0.2, 0.25) is 0 Å². The number of urea groups is 1. The second-order valence-electron chi connectivity index (χ2n) is 7.94. The largest absolute Gasteiger partial charge is 0.477 e. The van der Waals surface area contributed by atoms with Crippen LogP contribution in [0.15, 0.2) is 46.8 Å². The molecule has 1 aromatic carbocycles. The molecule has 4 amide bonds. The fourth-order valence-corrected chi connectivity index (χ4v) is 6.26. The molecule has 0 aliphatic carbocycles. The molecular formula is C21H22N8O7S2. The predicted molar refractivity (Wildman–Crippen MR) is 132 cm³/mol. The fraction of sp³-hybridized carbons (Fsp3) is 0.333. The molecule has 1 unspecified atom stereocenters. The molecule has 4 rings (SSSR count). The number of fused-ring (bicyclic) bond motifs is 1. The Balaban J connectivity index is 1.43. The molecule has 3 heterocycles. The van der Waals surface area contributed by atoms with Crippen LogP contribution in [0.4, 0.5) is 4.79 Å². The summed E-state index contributed by atoms with van der Waals surface area (Å²) in [4.78, 5) is 60.9. The molecule has 200 valence electrons. The number of ether oxygens (including phenoxy) is 1. The normalized spacial score (nSPS) is 19.2. The number of aromatic nitrogens is 4. The van der Waals surface area contributed by atoms with Crippen LogP contribution in [-0.2, 0) is 30.5 Å². The van der Waals surface area contributed by atoms with E-state index in [9.17, 15) is 29.1 Å². The summed E-state index contributed by atoms with van der Waals surface area (Å²) in [7, 11) is 0. The standard InChI is InChI=1S/C21H22N8O7S2/c22-20(35)23-6-7-28-21(25-26-27-28)38-9-12-8-37-18-13(17(32)29(18)14(12)19(33)34)24-16(31)15(36-10-30)11-4-2-1-3-5-11/h1-5,10,13,15,18H,6-9H2,(H,24,31)(H,33,34)(H3,22,23,35)/t13?,15-,18-/m1/s1. The lowest BCUT2D eigenvalue weighted by molar-refractivity contribution is -0.154. The number of nitrogens with two attached hydrogens (primary N) is 1. The zero-order valence-electron chi connectivity index (χ0n) is 19.6. The van der Waals surface area contributed by atoms with E-state index in [1.54, 1.807) is 30.3 Å². The highest BCUT2D eigenvalue weighted by molar-refractivity contribution is 8.01. The van der Waals surface area contributed by atoms with Gasteiger partial charge in [-0.05, 0) is 16.0 Å². The molecule has 17 heteroatoms. The van der Waals surface area contributed by atoms with Crippen LogP contribution in [-0.4, -0.2) is 90.0 Å². The van der Waals surface area contributed by atoms with Crippen LogP contribution in [0.1, 0.15) is 11.7 Å². The van der Waals surface area contributed by atoms with Gasteiger partial charge in [-0.15, -0.1) is 16.9 Å². The van der Waals surface area contributed by atoms with Crippen LogP contribution in [0.3, 0.4) is 0 Å². The second-order valence-corrected chi connectivity index (χ2v) is 9.99. The third kappa shape index (κ3) is 5.72. The van der Waals surface area contributed by atoms with Gasteiger partial charge in [0.25, 0.3) is 18.3 Å². The number of hydrogen-bond donors (Lipinski definition) is 4. The first-order valence-corrected chi connectivity index (χ1v) is 13.1. The Hall–Kier alpha value is -4.12. The van der Waals surface area contributed by atoms with Crippen molar-refractivity contribution in [2.24, 2.45) is 5.73 Å². The Kier molecular flexibility index (Phi) is 8.47. The van der Waals surface area contributed by atoms with E-state index in [0.717, 1.165) is 4.90 Å². The number of tetrazole rings is 1. The van der Waals surface area contributed by atoms with Crippen molar-refractivity contribution in [2.75, 3.05) is 18.1 Å². The molecule has 1 saturated heterocycles. The quantitative estimate of drug-likeness (QED) is 0.141. The predicted octanol–water partition coefficient (Wildman–Crippen LogP) is -0.914. The van der Waals surface area contributed by atoms with E-state index in [1.165, 1.54) is 28.2 Å². The van der Waals surface area contributed by atoms with Gasteiger partial charge < -0.3 is 26.2 Å². The lowest BCUT2D eigenvalue weighted by Gasteiger charge is -2.49. The van der Waals surface area contributed by atoms with Crippen molar-refractivity contribution in [3.63, 3.8) is 0 Å². The van der Waals surface area contributed by atoms with Crippen molar-refractivity contribution >= 4 is 53.8 Å². The Morgan fingerprint density at radius 3 is 2.76 bits per heavy atom. The third-order valence-electron chi connectivity index (χ3n) is 5.58. The number of carbonyl (C=O) groups is 5. The molecule has 2 aromatic rings. The maximum Gasteiger partial charge on any atom is 0.352 e. The number of carboxylic acids is 1. The van der Waals surface area contributed by atoms with Crippen molar-refractivity contribution in [1.82, 2.24) is 35.7 Å². The Morgan fingerprint density at radius 1 is 1.32 bits per heavy atom. The van der Waals surface area contributed by atoms with Crippen molar-refractivity contribution in [3.8, 4) is 0 Å². The molecule has 15 nitrogen and oxygen atoms in total. The first kappa shape index (κ1) is 26.9. The Bertz CT molecular complexity index is 1270. The summed E-state index contributed by atoms with van der Waals surface area (Å²) in [6.07, 6.45) is -1.25. The molecule has 0 saturated carbocycles. The number of carboxylic acid groups (broad SMARTS) is 1. The minimum absolute atomic E-state index is 0.154. The van der Waals surface area contributed by atoms with Crippen molar-refractivity contribution in [2.45, 2.75) is 29.2 Å². The summed E-state index contributed by atoms with van der Waals surface area (Å²) >= 11 is 2.48. The van der Waals surface area contributed by atoms with Gasteiger partial charge in [-0.2, -0.15) is 0 Å². The van der Waals surface area contributed by atoms with Crippen molar-refractivity contribution < 1.29 is 33.8 Å². The highest BCUT2D eigenvalue weighted by atomic mass is 32.2. The number of β-lactam (4-membered cyclic amide) rings is 1. The topological polar surface area (TPSA) is 212 Å². The summed E-state index contributed by atoms with van der Waals surface area (Å²) in [6, 6.07) is 6.65. The minimum atomic E-state index is -1.28. The SMILES string of the molecule is NC(=O)NCCn1nnnc1SCC1=C(C(=O)O)N2C(=O)C(NC(=O)[C@H](OC=O)c3ccccc3)[C@H]2SC1. The maximum atomic E-state index is 13.0. The average Bonchev–Trinajstić information content (AvgIpc) is 3.35. The zero-order valence-corrected chi connectivity index (χ0v) is 21.2. The third-order valence-corrected chi connectivity index (χ3v) is 7.96. The van der Waals surface area contributed by atoms with E-state index in [-0.39, 0.29) is 36.8 Å².